The van der Waals surface area contributed by atoms with Gasteiger partial charge in [-0.3, -0.25) is 14.4 Å². The lowest BCUT2D eigenvalue weighted by atomic mass is 9.95. The van der Waals surface area contributed by atoms with Crippen LogP contribution in [0.1, 0.15) is 51.2 Å². The number of carbonyl (C=O) groups excluding carboxylic acids is 3. The van der Waals surface area contributed by atoms with Crippen LogP contribution in [-0.4, -0.2) is 35.7 Å². The Labute approximate surface area is 215 Å². The van der Waals surface area contributed by atoms with Crippen molar-refractivity contribution in [3.63, 3.8) is 0 Å². The van der Waals surface area contributed by atoms with Crippen molar-refractivity contribution in [2.24, 2.45) is 5.92 Å². The number of carbonyl (C=O) groups is 3. The van der Waals surface area contributed by atoms with Crippen molar-refractivity contribution in [1.82, 2.24) is 10.2 Å². The van der Waals surface area contributed by atoms with Crippen LogP contribution in [0.15, 0.2) is 60.7 Å². The number of likely N-dealkylation sites (tertiary alicyclic amines) is 1. The van der Waals surface area contributed by atoms with Gasteiger partial charge in [-0.1, -0.05) is 60.7 Å². The Hall–Kier alpha value is -3.45. The summed E-state index contributed by atoms with van der Waals surface area (Å²) in [5.74, 6) is -0.730. The Balaban J connectivity index is 1.26. The minimum Gasteiger partial charge on any atom is -0.348 e. The molecule has 6 nitrogen and oxygen atoms in total. The van der Waals surface area contributed by atoms with E-state index in [4.69, 9.17) is 0 Å². The summed E-state index contributed by atoms with van der Waals surface area (Å²) in [5.41, 5.74) is 3.87. The normalized spacial score (nSPS) is 17.1. The molecule has 2 aliphatic rings. The van der Waals surface area contributed by atoms with E-state index in [1.54, 1.807) is 4.90 Å². The largest absolute Gasteiger partial charge is 0.348 e. The van der Waals surface area contributed by atoms with Crippen LogP contribution in [-0.2, 0) is 35.4 Å². The van der Waals surface area contributed by atoms with Gasteiger partial charge >= 0.3 is 0 Å². The molecule has 2 N–H and O–H groups in total. The van der Waals surface area contributed by atoms with Crippen molar-refractivity contribution in [1.29, 1.82) is 0 Å². The summed E-state index contributed by atoms with van der Waals surface area (Å²) in [4.78, 5) is 42.1. The molecule has 3 amide bonds. The van der Waals surface area contributed by atoms with Crippen LogP contribution in [0, 0.1) is 5.92 Å². The van der Waals surface area contributed by atoms with Crippen molar-refractivity contribution in [3.05, 3.63) is 87.8 Å². The summed E-state index contributed by atoms with van der Waals surface area (Å²) >= 11 is 1.52. The smallest absolute Gasteiger partial charge is 0.254 e. The molecule has 1 saturated heterocycles. The topological polar surface area (TPSA) is 78.5 Å². The zero-order valence-corrected chi connectivity index (χ0v) is 21.1. The maximum Gasteiger partial charge on any atom is 0.254 e. The highest BCUT2D eigenvalue weighted by atomic mass is 32.1. The van der Waals surface area contributed by atoms with Gasteiger partial charge in [-0.15, -0.1) is 11.3 Å². The van der Waals surface area contributed by atoms with Crippen LogP contribution in [0.4, 0.5) is 5.00 Å². The lowest BCUT2D eigenvalue weighted by Gasteiger charge is -2.17. The third kappa shape index (κ3) is 5.51. The molecule has 0 radical (unpaired) electrons. The van der Waals surface area contributed by atoms with Crippen LogP contribution in [0.2, 0.25) is 0 Å². The molecule has 0 saturated carbocycles. The Morgan fingerprint density at radius 1 is 0.944 bits per heavy atom. The van der Waals surface area contributed by atoms with Crippen LogP contribution in [0.5, 0.6) is 0 Å². The second kappa shape index (κ2) is 11.1. The average Bonchev–Trinajstić information content (AvgIpc) is 3.47. The fourth-order valence-corrected chi connectivity index (χ4v) is 6.34. The molecule has 1 atom stereocenters. The van der Waals surface area contributed by atoms with Crippen LogP contribution in [0.25, 0.3) is 0 Å². The maximum absolute atomic E-state index is 13.3. The second-order valence-corrected chi connectivity index (χ2v) is 10.7. The monoisotopic (exact) mass is 501 g/mol. The van der Waals surface area contributed by atoms with E-state index in [1.165, 1.54) is 21.8 Å². The summed E-state index contributed by atoms with van der Waals surface area (Å²) in [6.45, 7) is 1.45. The van der Waals surface area contributed by atoms with Crippen LogP contribution in [0.3, 0.4) is 0 Å². The number of hydrogen-bond donors (Lipinski definition) is 2. The highest BCUT2D eigenvalue weighted by Gasteiger charge is 2.35. The summed E-state index contributed by atoms with van der Waals surface area (Å²) in [7, 11) is 0. The van der Waals surface area contributed by atoms with Gasteiger partial charge in [-0.25, -0.2) is 0 Å². The molecule has 2 aromatic carbocycles. The van der Waals surface area contributed by atoms with Crippen LogP contribution < -0.4 is 10.6 Å². The first-order valence-electron chi connectivity index (χ1n) is 12.7. The molecular weight excluding hydrogens is 470 g/mol. The summed E-state index contributed by atoms with van der Waals surface area (Å²) < 4.78 is 0. The Morgan fingerprint density at radius 2 is 1.64 bits per heavy atom. The molecule has 1 aliphatic carbocycles. The molecule has 36 heavy (non-hydrogen) atoms. The van der Waals surface area contributed by atoms with E-state index >= 15 is 0 Å². The SMILES string of the molecule is O=C(NCc1ccccc1)c1c(NC(=O)C2CC(=O)N(CCc3ccccc3)C2)sc2c1CCCC2. The number of nitrogens with zero attached hydrogens (tertiary/aromatic N) is 1. The Kier molecular flexibility index (Phi) is 7.47. The molecule has 3 aromatic rings. The summed E-state index contributed by atoms with van der Waals surface area (Å²) in [6, 6.07) is 19.9. The van der Waals surface area contributed by atoms with Crippen molar-refractivity contribution in [2.75, 3.05) is 18.4 Å². The first kappa shape index (κ1) is 24.3. The molecule has 2 heterocycles. The predicted octanol–water partition coefficient (Wildman–Crippen LogP) is 4.59. The molecule has 186 valence electrons. The molecule has 1 aliphatic heterocycles. The van der Waals surface area contributed by atoms with Gasteiger partial charge in [-0.2, -0.15) is 0 Å². The van der Waals surface area contributed by atoms with E-state index in [9.17, 15) is 14.4 Å². The average molecular weight is 502 g/mol. The van der Waals surface area contributed by atoms with Gasteiger partial charge in [0.05, 0.1) is 11.5 Å². The van der Waals surface area contributed by atoms with Gasteiger partial charge in [0, 0.05) is 30.9 Å². The van der Waals surface area contributed by atoms with Gasteiger partial charge in [0.25, 0.3) is 5.91 Å². The second-order valence-electron chi connectivity index (χ2n) is 9.55. The van der Waals surface area contributed by atoms with E-state index in [0.29, 0.717) is 30.2 Å². The van der Waals surface area contributed by atoms with Gasteiger partial charge in [0.15, 0.2) is 0 Å². The number of nitrogens with one attached hydrogen (secondary N) is 2. The first-order valence-corrected chi connectivity index (χ1v) is 13.5. The predicted molar refractivity (Wildman–Crippen MR) is 142 cm³/mol. The Morgan fingerprint density at radius 3 is 2.39 bits per heavy atom. The highest BCUT2D eigenvalue weighted by molar-refractivity contribution is 7.17. The molecule has 0 bridgehead atoms. The van der Waals surface area contributed by atoms with Gasteiger partial charge in [0.2, 0.25) is 11.8 Å². The molecule has 7 heteroatoms. The van der Waals surface area contributed by atoms with Crippen LogP contribution >= 0.6 is 11.3 Å². The zero-order chi connectivity index (χ0) is 24.9. The maximum atomic E-state index is 13.3. The van der Waals surface area contributed by atoms with E-state index in [-0.39, 0.29) is 24.1 Å². The number of aryl methyl sites for hydroxylation is 1. The van der Waals surface area contributed by atoms with E-state index in [0.717, 1.165) is 43.2 Å². The van der Waals surface area contributed by atoms with Gasteiger partial charge < -0.3 is 15.5 Å². The van der Waals surface area contributed by atoms with Crippen molar-refractivity contribution >= 4 is 34.1 Å². The fraction of sp³-hybridized carbons (Fsp3) is 0.345. The molecule has 1 aromatic heterocycles. The summed E-state index contributed by atoms with van der Waals surface area (Å²) in [5, 5.41) is 6.70. The standard InChI is InChI=1S/C29H31N3O3S/c33-25-17-22(19-32(25)16-15-20-9-3-1-4-10-20)27(34)31-29-26(23-13-7-8-14-24(23)36-29)28(35)30-18-21-11-5-2-6-12-21/h1-6,9-12,22H,7-8,13-19H2,(H,30,35)(H,31,34). The van der Waals surface area contributed by atoms with E-state index in [1.807, 2.05) is 60.7 Å². The lowest BCUT2D eigenvalue weighted by molar-refractivity contribution is -0.128. The van der Waals surface area contributed by atoms with Crippen molar-refractivity contribution < 1.29 is 14.4 Å². The fourth-order valence-electron chi connectivity index (χ4n) is 5.05. The number of rotatable bonds is 8. The number of benzene rings is 2. The number of thiophene rings is 1. The lowest BCUT2D eigenvalue weighted by Crippen LogP contribution is -2.30. The molecular formula is C29H31N3O3S. The van der Waals surface area contributed by atoms with Crippen molar-refractivity contribution in [2.45, 2.75) is 45.1 Å². The number of anilines is 1. The number of amides is 3. The van der Waals surface area contributed by atoms with E-state index < -0.39 is 5.92 Å². The summed E-state index contributed by atoms with van der Waals surface area (Å²) in [6.07, 6.45) is 4.91. The van der Waals surface area contributed by atoms with E-state index in [2.05, 4.69) is 10.6 Å². The first-order chi connectivity index (χ1) is 17.6. The number of hydrogen-bond acceptors (Lipinski definition) is 4. The third-order valence-electron chi connectivity index (χ3n) is 7.03. The third-order valence-corrected chi connectivity index (χ3v) is 8.24. The van der Waals surface area contributed by atoms with Gasteiger partial charge in [0.1, 0.15) is 5.00 Å². The quantitative estimate of drug-likeness (QED) is 0.474. The highest BCUT2D eigenvalue weighted by Crippen LogP contribution is 2.38. The Bertz CT molecular complexity index is 1240. The molecule has 5 rings (SSSR count). The minimum absolute atomic E-state index is 0.0115. The van der Waals surface area contributed by atoms with Crippen molar-refractivity contribution in [3.8, 4) is 0 Å². The zero-order valence-electron chi connectivity index (χ0n) is 20.3. The molecule has 1 unspecified atom stereocenters. The number of fused-ring (bicyclic) bond motifs is 1. The minimum atomic E-state index is -0.410. The molecule has 1 fully saturated rings. The van der Waals surface area contributed by atoms with Gasteiger partial charge in [-0.05, 0) is 48.8 Å². The molecule has 0 spiro atoms.